The molecule has 0 saturated carbocycles. The van der Waals surface area contributed by atoms with Crippen LogP contribution >= 0.6 is 0 Å². The largest absolute Gasteiger partial charge is 0.341 e. The molecule has 4 nitrogen and oxygen atoms in total. The molecule has 4 heteroatoms. The van der Waals surface area contributed by atoms with E-state index in [1.807, 2.05) is 67.6 Å². The maximum atomic E-state index is 13.3. The third-order valence-electron chi connectivity index (χ3n) is 6.18. The normalized spacial score (nSPS) is 13.7. The van der Waals surface area contributed by atoms with Crippen molar-refractivity contribution in [2.75, 3.05) is 4.90 Å². The number of hydrogen-bond acceptors (Lipinski definition) is 2. The molecule has 3 aromatic carbocycles. The monoisotopic (exact) mass is 426 g/mol. The van der Waals surface area contributed by atoms with Gasteiger partial charge in [0.15, 0.2) is 0 Å². The maximum Gasteiger partial charge on any atom is 0.316 e. The second-order valence-electron chi connectivity index (χ2n) is 8.38. The van der Waals surface area contributed by atoms with Crippen LogP contribution in [0.3, 0.4) is 0 Å². The number of para-hydroxylation sites is 1. The zero-order valence-electron chi connectivity index (χ0n) is 18.6. The Morgan fingerprint density at radius 1 is 0.875 bits per heavy atom. The number of rotatable bonds is 6. The van der Waals surface area contributed by atoms with Crippen molar-refractivity contribution < 1.29 is 9.59 Å². The highest BCUT2D eigenvalue weighted by Gasteiger charge is 2.26. The number of carbonyl (C=O) groups excluding carboxylic acids is 2. The fraction of sp³-hybridized carbons (Fsp3) is 0.286. The summed E-state index contributed by atoms with van der Waals surface area (Å²) in [5.74, 6) is -1.12. The summed E-state index contributed by atoms with van der Waals surface area (Å²) in [6.45, 7) is 2.38. The number of nitrogens with one attached hydrogen (secondary N) is 1. The zero-order chi connectivity index (χ0) is 22.3. The Hall–Kier alpha value is -3.40. The van der Waals surface area contributed by atoms with E-state index in [2.05, 4.69) is 23.5 Å². The summed E-state index contributed by atoms with van der Waals surface area (Å²) in [6, 6.07) is 25.4. The molecular formula is C28H30N2O2. The molecule has 4 rings (SSSR count). The second-order valence-corrected chi connectivity index (χ2v) is 8.38. The van der Waals surface area contributed by atoms with E-state index < -0.39 is 11.8 Å². The van der Waals surface area contributed by atoms with E-state index in [0.29, 0.717) is 12.2 Å². The number of carbonyl (C=O) groups is 2. The highest BCUT2D eigenvalue weighted by Crippen LogP contribution is 2.26. The van der Waals surface area contributed by atoms with Crippen LogP contribution in [0.4, 0.5) is 5.69 Å². The van der Waals surface area contributed by atoms with Crippen LogP contribution in [0.1, 0.15) is 54.5 Å². The van der Waals surface area contributed by atoms with Gasteiger partial charge >= 0.3 is 11.8 Å². The van der Waals surface area contributed by atoms with Crippen LogP contribution in [0.15, 0.2) is 78.9 Å². The molecule has 0 spiro atoms. The van der Waals surface area contributed by atoms with Crippen molar-refractivity contribution in [3.63, 3.8) is 0 Å². The van der Waals surface area contributed by atoms with Crippen LogP contribution in [0.25, 0.3) is 0 Å². The quantitative estimate of drug-likeness (QED) is 0.539. The molecule has 1 unspecified atom stereocenters. The molecule has 0 bridgehead atoms. The number of anilines is 1. The topological polar surface area (TPSA) is 49.4 Å². The molecule has 32 heavy (non-hydrogen) atoms. The van der Waals surface area contributed by atoms with E-state index in [0.717, 1.165) is 30.4 Å². The number of hydrogen-bond donors (Lipinski definition) is 1. The van der Waals surface area contributed by atoms with Gasteiger partial charge in [0.2, 0.25) is 0 Å². The van der Waals surface area contributed by atoms with Gasteiger partial charge in [-0.25, -0.2) is 0 Å². The van der Waals surface area contributed by atoms with Crippen molar-refractivity contribution >= 4 is 17.5 Å². The summed E-state index contributed by atoms with van der Waals surface area (Å²) >= 11 is 0. The molecule has 0 saturated heterocycles. The molecule has 3 aromatic rings. The first kappa shape index (κ1) is 21.8. The minimum absolute atomic E-state index is 0.187. The second kappa shape index (κ2) is 10.3. The lowest BCUT2D eigenvalue weighted by molar-refractivity contribution is -0.138. The molecule has 1 aliphatic carbocycles. The Morgan fingerprint density at radius 2 is 1.53 bits per heavy atom. The summed E-state index contributed by atoms with van der Waals surface area (Å²) in [5.41, 5.74) is 5.54. The van der Waals surface area contributed by atoms with E-state index >= 15 is 0 Å². The van der Waals surface area contributed by atoms with Crippen LogP contribution in [0, 0.1) is 0 Å². The molecule has 1 aliphatic rings. The van der Waals surface area contributed by atoms with Crippen LogP contribution < -0.4 is 10.2 Å². The number of fused-ring (bicyclic) bond motifs is 1. The van der Waals surface area contributed by atoms with Gasteiger partial charge in [-0.2, -0.15) is 0 Å². The standard InChI is InChI=1S/C28H30N2O2/c1-2-26(24-18-17-22-13-9-10-14-23(22)19-24)29-27(31)28(32)30(25-15-7-4-8-16-25)20-21-11-5-3-6-12-21/h3-8,11-12,15-19,26H,2,9-10,13-14,20H2,1H3,(H,29,31). The lowest BCUT2D eigenvalue weighted by Crippen LogP contribution is -2.44. The van der Waals surface area contributed by atoms with Crippen LogP contribution in [0.5, 0.6) is 0 Å². The van der Waals surface area contributed by atoms with Crippen molar-refractivity contribution in [1.29, 1.82) is 0 Å². The van der Waals surface area contributed by atoms with Gasteiger partial charge in [0, 0.05) is 5.69 Å². The van der Waals surface area contributed by atoms with Gasteiger partial charge in [0.25, 0.3) is 0 Å². The van der Waals surface area contributed by atoms with Gasteiger partial charge < -0.3 is 5.32 Å². The Morgan fingerprint density at radius 3 is 2.22 bits per heavy atom. The lowest BCUT2D eigenvalue weighted by Gasteiger charge is -2.25. The summed E-state index contributed by atoms with van der Waals surface area (Å²) in [4.78, 5) is 27.9. The predicted molar refractivity (Wildman–Crippen MR) is 128 cm³/mol. The fourth-order valence-corrected chi connectivity index (χ4v) is 4.39. The summed E-state index contributed by atoms with van der Waals surface area (Å²) in [5, 5.41) is 3.00. The molecule has 0 radical (unpaired) electrons. The summed E-state index contributed by atoms with van der Waals surface area (Å²) < 4.78 is 0. The Bertz CT molecular complexity index is 1060. The number of benzene rings is 3. The van der Waals surface area contributed by atoms with Crippen molar-refractivity contribution in [3.05, 3.63) is 101 Å². The summed E-state index contributed by atoms with van der Waals surface area (Å²) in [7, 11) is 0. The Labute approximate surface area is 190 Å². The molecule has 2 amide bonds. The third-order valence-corrected chi connectivity index (χ3v) is 6.18. The van der Waals surface area contributed by atoms with Crippen molar-refractivity contribution in [2.24, 2.45) is 0 Å². The van der Waals surface area contributed by atoms with Gasteiger partial charge in [0.05, 0.1) is 12.6 Å². The average Bonchev–Trinajstić information content (AvgIpc) is 2.86. The third kappa shape index (κ3) is 5.08. The molecule has 0 fully saturated rings. The van der Waals surface area contributed by atoms with E-state index in [4.69, 9.17) is 0 Å². The number of aryl methyl sites for hydroxylation is 2. The first-order valence-electron chi connectivity index (χ1n) is 11.5. The van der Waals surface area contributed by atoms with E-state index in [-0.39, 0.29) is 6.04 Å². The van der Waals surface area contributed by atoms with Crippen LogP contribution in [-0.4, -0.2) is 11.8 Å². The SMILES string of the molecule is CCC(NC(=O)C(=O)N(Cc1ccccc1)c1ccccc1)c1ccc2c(c1)CCCC2. The maximum absolute atomic E-state index is 13.3. The first-order chi connectivity index (χ1) is 15.7. The molecule has 164 valence electrons. The lowest BCUT2D eigenvalue weighted by atomic mass is 9.89. The van der Waals surface area contributed by atoms with Crippen molar-refractivity contribution in [2.45, 2.75) is 51.6 Å². The molecule has 1 atom stereocenters. The van der Waals surface area contributed by atoms with E-state index in [9.17, 15) is 9.59 Å². The van der Waals surface area contributed by atoms with Gasteiger partial charge in [-0.05, 0) is 66.5 Å². The van der Waals surface area contributed by atoms with Crippen molar-refractivity contribution in [3.8, 4) is 0 Å². The highest BCUT2D eigenvalue weighted by molar-refractivity contribution is 6.40. The first-order valence-corrected chi connectivity index (χ1v) is 11.5. The smallest absolute Gasteiger partial charge is 0.316 e. The van der Waals surface area contributed by atoms with Gasteiger partial charge in [0.1, 0.15) is 0 Å². The molecular weight excluding hydrogens is 396 g/mol. The molecule has 0 aliphatic heterocycles. The zero-order valence-corrected chi connectivity index (χ0v) is 18.6. The summed E-state index contributed by atoms with van der Waals surface area (Å²) in [6.07, 6.45) is 5.39. The predicted octanol–water partition coefficient (Wildman–Crippen LogP) is 5.37. The van der Waals surface area contributed by atoms with Gasteiger partial charge in [-0.1, -0.05) is 73.7 Å². The molecule has 1 N–H and O–H groups in total. The number of nitrogens with zero attached hydrogens (tertiary/aromatic N) is 1. The van der Waals surface area contributed by atoms with Crippen LogP contribution in [0.2, 0.25) is 0 Å². The van der Waals surface area contributed by atoms with Crippen molar-refractivity contribution in [1.82, 2.24) is 5.32 Å². The minimum atomic E-state index is -0.575. The Balaban J connectivity index is 1.53. The highest BCUT2D eigenvalue weighted by atomic mass is 16.2. The van der Waals surface area contributed by atoms with Crippen LogP contribution in [-0.2, 0) is 29.0 Å². The van der Waals surface area contributed by atoms with Gasteiger partial charge in [-0.15, -0.1) is 0 Å². The van der Waals surface area contributed by atoms with E-state index in [1.54, 1.807) is 4.90 Å². The fourth-order valence-electron chi connectivity index (χ4n) is 4.39. The molecule has 0 aromatic heterocycles. The minimum Gasteiger partial charge on any atom is -0.341 e. The molecule has 0 heterocycles. The average molecular weight is 427 g/mol. The number of amides is 2. The van der Waals surface area contributed by atoms with E-state index in [1.165, 1.54) is 24.0 Å². The Kier molecular flexibility index (Phi) is 7.00. The van der Waals surface area contributed by atoms with Gasteiger partial charge in [-0.3, -0.25) is 14.5 Å².